The topological polar surface area (TPSA) is 87.9 Å². The molecule has 0 bridgehead atoms. The zero-order valence-corrected chi connectivity index (χ0v) is 12.2. The molecule has 7 heteroatoms. The molecule has 2 aromatic carbocycles. The summed E-state index contributed by atoms with van der Waals surface area (Å²) in [4.78, 5) is 22.5. The Kier molecular flexibility index (Phi) is 3.84. The van der Waals surface area contributed by atoms with Crippen molar-refractivity contribution >= 4 is 11.7 Å². The van der Waals surface area contributed by atoms with Gasteiger partial charge >= 0.3 is 5.97 Å². The first-order valence-electron chi connectivity index (χ1n) is 6.89. The number of carbonyl (C=O) groups excluding carboxylic acids is 1. The third-order valence-electron chi connectivity index (χ3n) is 3.44. The summed E-state index contributed by atoms with van der Waals surface area (Å²) in [6.45, 7) is 1.78. The van der Waals surface area contributed by atoms with Crippen molar-refractivity contribution in [1.29, 1.82) is 0 Å². The van der Waals surface area contributed by atoms with E-state index in [4.69, 9.17) is 14.2 Å². The van der Waals surface area contributed by atoms with Crippen LogP contribution in [-0.4, -0.2) is 17.7 Å². The molecular weight excluding hydrogens is 302 g/mol. The van der Waals surface area contributed by atoms with E-state index in [1.165, 1.54) is 12.1 Å². The van der Waals surface area contributed by atoms with Crippen LogP contribution >= 0.6 is 0 Å². The number of rotatable bonds is 4. The number of nitro benzene ring substituents is 1. The largest absolute Gasteiger partial charge is 0.454 e. The van der Waals surface area contributed by atoms with E-state index in [0.717, 1.165) is 0 Å². The molecule has 0 N–H and O–H groups in total. The molecule has 0 amide bonds. The molecule has 1 aliphatic rings. The van der Waals surface area contributed by atoms with Crippen LogP contribution in [0.1, 0.15) is 28.9 Å². The maximum absolute atomic E-state index is 12.2. The van der Waals surface area contributed by atoms with E-state index in [9.17, 15) is 14.9 Å². The molecule has 0 aromatic heterocycles. The molecule has 1 aliphatic heterocycles. The molecule has 0 spiro atoms. The third kappa shape index (κ3) is 3.08. The van der Waals surface area contributed by atoms with Gasteiger partial charge in [-0.3, -0.25) is 10.1 Å². The molecular formula is C16H13NO6. The Morgan fingerprint density at radius 1 is 1.22 bits per heavy atom. The summed E-state index contributed by atoms with van der Waals surface area (Å²) in [5.41, 5.74) is 0.827. The van der Waals surface area contributed by atoms with E-state index in [1.807, 2.05) is 0 Å². The highest BCUT2D eigenvalue weighted by Crippen LogP contribution is 2.33. The highest BCUT2D eigenvalue weighted by atomic mass is 16.7. The fraction of sp³-hybridized carbons (Fsp3) is 0.188. The third-order valence-corrected chi connectivity index (χ3v) is 3.44. The molecule has 0 aliphatic carbocycles. The zero-order valence-electron chi connectivity index (χ0n) is 12.2. The summed E-state index contributed by atoms with van der Waals surface area (Å²) in [6, 6.07) is 10.8. The maximum atomic E-state index is 12.2. The van der Waals surface area contributed by atoms with E-state index < -0.39 is 17.0 Å². The van der Waals surface area contributed by atoms with Crippen LogP contribution in [0.2, 0.25) is 0 Å². The number of fused-ring (bicyclic) bond motifs is 1. The van der Waals surface area contributed by atoms with Crippen LogP contribution in [0.3, 0.4) is 0 Å². The van der Waals surface area contributed by atoms with Crippen LogP contribution in [0.4, 0.5) is 5.69 Å². The van der Waals surface area contributed by atoms with Gasteiger partial charge in [-0.05, 0) is 30.7 Å². The number of ether oxygens (including phenoxy) is 3. The minimum Gasteiger partial charge on any atom is -0.454 e. The highest BCUT2D eigenvalue weighted by molar-refractivity contribution is 5.90. The fourth-order valence-electron chi connectivity index (χ4n) is 2.21. The number of nitrogens with zero attached hydrogens (tertiary/aromatic N) is 1. The number of benzene rings is 2. The summed E-state index contributed by atoms with van der Waals surface area (Å²) in [7, 11) is 0. The summed E-state index contributed by atoms with van der Waals surface area (Å²) in [6.07, 6.45) is -0.618. The van der Waals surface area contributed by atoms with Crippen molar-refractivity contribution in [1.82, 2.24) is 0 Å². The Hall–Kier alpha value is -3.09. The fourth-order valence-corrected chi connectivity index (χ4v) is 2.21. The molecule has 23 heavy (non-hydrogen) atoms. The Balaban J connectivity index is 1.74. The molecule has 0 radical (unpaired) electrons. The number of hydrogen-bond donors (Lipinski definition) is 0. The smallest absolute Gasteiger partial charge is 0.338 e. The van der Waals surface area contributed by atoms with Gasteiger partial charge in [0.1, 0.15) is 6.10 Å². The lowest BCUT2D eigenvalue weighted by Crippen LogP contribution is -2.09. The van der Waals surface area contributed by atoms with Crippen LogP contribution < -0.4 is 9.47 Å². The van der Waals surface area contributed by atoms with Crippen molar-refractivity contribution in [3.8, 4) is 11.5 Å². The van der Waals surface area contributed by atoms with Gasteiger partial charge in [-0.15, -0.1) is 0 Å². The zero-order chi connectivity index (χ0) is 16.4. The quantitative estimate of drug-likeness (QED) is 0.489. The summed E-state index contributed by atoms with van der Waals surface area (Å²) < 4.78 is 15.8. The lowest BCUT2D eigenvalue weighted by molar-refractivity contribution is -0.385. The Labute approximate surface area is 131 Å². The minimum atomic E-state index is -0.618. The number of hydrogen-bond acceptors (Lipinski definition) is 6. The van der Waals surface area contributed by atoms with Crippen LogP contribution in [0.25, 0.3) is 0 Å². The normalized spacial score (nSPS) is 13.4. The van der Waals surface area contributed by atoms with Crippen molar-refractivity contribution in [2.45, 2.75) is 13.0 Å². The summed E-state index contributed by atoms with van der Waals surface area (Å²) in [5, 5.41) is 10.8. The minimum absolute atomic E-state index is 0.0477. The first-order valence-corrected chi connectivity index (χ1v) is 6.89. The summed E-state index contributed by atoms with van der Waals surface area (Å²) in [5.74, 6) is 0.526. The predicted molar refractivity (Wildman–Crippen MR) is 79.5 cm³/mol. The molecule has 118 valence electrons. The van der Waals surface area contributed by atoms with Crippen molar-refractivity contribution in [3.05, 3.63) is 63.7 Å². The molecule has 1 atom stereocenters. The highest BCUT2D eigenvalue weighted by Gasteiger charge is 2.20. The van der Waals surface area contributed by atoms with Gasteiger partial charge in [0.05, 0.1) is 10.5 Å². The van der Waals surface area contributed by atoms with E-state index >= 15 is 0 Å². The second-order valence-electron chi connectivity index (χ2n) is 4.97. The van der Waals surface area contributed by atoms with Crippen molar-refractivity contribution < 1.29 is 23.9 Å². The Morgan fingerprint density at radius 3 is 2.78 bits per heavy atom. The van der Waals surface area contributed by atoms with Gasteiger partial charge in [0, 0.05) is 12.1 Å². The van der Waals surface area contributed by atoms with Gasteiger partial charge < -0.3 is 14.2 Å². The van der Waals surface area contributed by atoms with E-state index in [2.05, 4.69) is 0 Å². The number of carbonyl (C=O) groups is 1. The van der Waals surface area contributed by atoms with E-state index in [-0.39, 0.29) is 12.5 Å². The molecule has 0 saturated carbocycles. The van der Waals surface area contributed by atoms with Crippen molar-refractivity contribution in [2.24, 2.45) is 0 Å². The van der Waals surface area contributed by atoms with Gasteiger partial charge in [-0.2, -0.15) is 0 Å². The molecule has 1 unspecified atom stereocenters. The second-order valence-corrected chi connectivity index (χ2v) is 4.97. The lowest BCUT2D eigenvalue weighted by atomic mass is 10.1. The maximum Gasteiger partial charge on any atom is 0.338 e. The molecule has 2 aromatic rings. The van der Waals surface area contributed by atoms with Gasteiger partial charge in [0.2, 0.25) is 6.79 Å². The monoisotopic (exact) mass is 315 g/mol. The Morgan fingerprint density at radius 2 is 2.00 bits per heavy atom. The number of non-ortho nitro benzene ring substituents is 1. The van der Waals surface area contributed by atoms with Crippen LogP contribution in [0.5, 0.6) is 11.5 Å². The lowest BCUT2D eigenvalue weighted by Gasteiger charge is -2.13. The number of nitro groups is 1. The molecule has 0 saturated heterocycles. The van der Waals surface area contributed by atoms with Crippen LogP contribution in [-0.2, 0) is 4.74 Å². The molecule has 1 heterocycles. The standard InChI is InChI=1S/C16H13NO6/c1-10(11-3-2-4-13(7-11)17(19)20)23-16(18)12-5-6-14-15(8-12)22-9-21-14/h2-8,10H,9H2,1H3. The van der Waals surface area contributed by atoms with Crippen molar-refractivity contribution in [2.75, 3.05) is 6.79 Å². The first-order chi connectivity index (χ1) is 11.0. The average molecular weight is 315 g/mol. The molecule has 7 nitrogen and oxygen atoms in total. The number of esters is 1. The predicted octanol–water partition coefficient (Wildman–Crippen LogP) is 3.24. The molecule has 0 fully saturated rings. The second kappa shape index (κ2) is 5.96. The SMILES string of the molecule is CC(OC(=O)c1ccc2c(c1)OCO2)c1cccc([N+](=O)[O-])c1. The van der Waals surface area contributed by atoms with Crippen LogP contribution in [0, 0.1) is 10.1 Å². The molecule has 3 rings (SSSR count). The average Bonchev–Trinajstić information content (AvgIpc) is 3.02. The van der Waals surface area contributed by atoms with Crippen LogP contribution in [0.15, 0.2) is 42.5 Å². The van der Waals surface area contributed by atoms with E-state index in [1.54, 1.807) is 37.3 Å². The van der Waals surface area contributed by atoms with Gasteiger partial charge in [0.15, 0.2) is 11.5 Å². The van der Waals surface area contributed by atoms with Gasteiger partial charge in [-0.25, -0.2) is 4.79 Å². The van der Waals surface area contributed by atoms with Gasteiger partial charge in [0.25, 0.3) is 5.69 Å². The first kappa shape index (κ1) is 14.8. The van der Waals surface area contributed by atoms with Gasteiger partial charge in [-0.1, -0.05) is 12.1 Å². The summed E-state index contributed by atoms with van der Waals surface area (Å²) >= 11 is 0. The van der Waals surface area contributed by atoms with Crippen molar-refractivity contribution in [3.63, 3.8) is 0 Å². The van der Waals surface area contributed by atoms with E-state index in [0.29, 0.717) is 22.6 Å². The Bertz CT molecular complexity index is 773.